The van der Waals surface area contributed by atoms with Crippen LogP contribution in [0.2, 0.25) is 0 Å². The molecule has 4 unspecified atom stereocenters. The molecule has 2 bridgehead atoms. The van der Waals surface area contributed by atoms with Crippen molar-refractivity contribution in [1.29, 1.82) is 0 Å². The minimum Gasteiger partial charge on any atom is -0.479 e. The van der Waals surface area contributed by atoms with Gasteiger partial charge >= 0.3 is 5.97 Å². The van der Waals surface area contributed by atoms with Gasteiger partial charge in [-0.3, -0.25) is 4.79 Å². The van der Waals surface area contributed by atoms with Crippen LogP contribution in [-0.4, -0.2) is 34.7 Å². The molecule has 0 aromatic rings. The van der Waals surface area contributed by atoms with Gasteiger partial charge in [0.2, 0.25) is 5.91 Å². The summed E-state index contributed by atoms with van der Waals surface area (Å²) < 4.78 is 0. The minimum atomic E-state index is -1.49. The maximum Gasteiger partial charge on any atom is 0.334 e. The fourth-order valence-electron chi connectivity index (χ4n) is 4.08. The summed E-state index contributed by atoms with van der Waals surface area (Å²) in [6.45, 7) is -0.181. The first-order valence-corrected chi connectivity index (χ1v) is 6.28. The third-order valence-electron chi connectivity index (χ3n) is 4.79. The molecule has 0 aromatic carbocycles. The molecule has 3 aliphatic carbocycles. The van der Waals surface area contributed by atoms with Crippen LogP contribution in [0.5, 0.6) is 0 Å². The van der Waals surface area contributed by atoms with Crippen molar-refractivity contribution >= 4 is 11.9 Å². The van der Waals surface area contributed by atoms with Crippen LogP contribution in [0.1, 0.15) is 19.3 Å². The highest BCUT2D eigenvalue weighted by molar-refractivity contribution is 5.83. The van der Waals surface area contributed by atoms with Gasteiger partial charge in [-0.05, 0) is 42.9 Å². The molecule has 0 radical (unpaired) electrons. The zero-order valence-electron chi connectivity index (χ0n) is 9.50. The number of aliphatic hydroxyl groups is 1. The van der Waals surface area contributed by atoms with E-state index in [0.29, 0.717) is 11.8 Å². The highest BCUT2D eigenvalue weighted by Gasteiger charge is 2.67. The second kappa shape index (κ2) is 3.70. The fourth-order valence-corrected chi connectivity index (χ4v) is 4.08. The third-order valence-corrected chi connectivity index (χ3v) is 4.79. The number of amides is 1. The van der Waals surface area contributed by atoms with Crippen molar-refractivity contribution in [3.63, 3.8) is 0 Å². The van der Waals surface area contributed by atoms with Crippen LogP contribution in [0.15, 0.2) is 0 Å². The number of carboxylic acids is 1. The van der Waals surface area contributed by atoms with E-state index >= 15 is 0 Å². The first-order chi connectivity index (χ1) is 8.09. The van der Waals surface area contributed by atoms with Crippen molar-refractivity contribution in [1.82, 2.24) is 5.32 Å². The van der Waals surface area contributed by atoms with Gasteiger partial charge in [0.05, 0.1) is 6.54 Å². The Balaban J connectivity index is 1.51. The second-order valence-electron chi connectivity index (χ2n) is 5.61. The lowest BCUT2D eigenvalue weighted by atomic mass is 10.0. The highest BCUT2D eigenvalue weighted by Crippen LogP contribution is 2.69. The van der Waals surface area contributed by atoms with Gasteiger partial charge in [0.1, 0.15) is 0 Å². The lowest BCUT2D eigenvalue weighted by Crippen LogP contribution is -2.38. The van der Waals surface area contributed by atoms with E-state index in [1.807, 2.05) is 0 Å². The first kappa shape index (κ1) is 11.0. The Morgan fingerprint density at radius 1 is 1.24 bits per heavy atom. The molecule has 3 saturated carbocycles. The number of carbonyl (C=O) groups is 2. The topological polar surface area (TPSA) is 86.6 Å². The lowest BCUT2D eigenvalue weighted by Gasteiger charge is -2.10. The van der Waals surface area contributed by atoms with Gasteiger partial charge in [0, 0.05) is 5.92 Å². The second-order valence-corrected chi connectivity index (χ2v) is 5.61. The molecular weight excluding hydrogens is 222 g/mol. The average molecular weight is 239 g/mol. The summed E-state index contributed by atoms with van der Waals surface area (Å²) in [6, 6.07) is 0. The molecular formula is C12H17NO4. The molecule has 94 valence electrons. The van der Waals surface area contributed by atoms with Gasteiger partial charge in [-0.15, -0.1) is 0 Å². The van der Waals surface area contributed by atoms with Crippen molar-refractivity contribution in [2.45, 2.75) is 25.4 Å². The standard InChI is InChI=1S/C12H17NO4/c14-7(12(16)17)4-13-11(15)10-8-5-1-2-6(3-5)9(8)10/h5-10,14H,1-4H2,(H,13,15)(H,16,17)/t5?,6?,7-,8?,9?,10?/m0/s1. The maximum absolute atomic E-state index is 11.8. The Morgan fingerprint density at radius 3 is 2.35 bits per heavy atom. The lowest BCUT2D eigenvalue weighted by molar-refractivity contribution is -0.146. The number of fused-ring (bicyclic) bond motifs is 5. The van der Waals surface area contributed by atoms with Crippen LogP contribution in [0.25, 0.3) is 0 Å². The normalized spacial score (nSPS) is 43.0. The number of hydrogen-bond donors (Lipinski definition) is 3. The van der Waals surface area contributed by atoms with E-state index in [9.17, 15) is 9.59 Å². The Hall–Kier alpha value is -1.10. The van der Waals surface area contributed by atoms with Crippen LogP contribution in [0.4, 0.5) is 0 Å². The number of rotatable bonds is 4. The molecule has 17 heavy (non-hydrogen) atoms. The Labute approximate surface area is 99.2 Å². The number of carbonyl (C=O) groups excluding carboxylic acids is 1. The fraction of sp³-hybridized carbons (Fsp3) is 0.833. The molecule has 5 nitrogen and oxygen atoms in total. The monoisotopic (exact) mass is 239 g/mol. The Bertz CT molecular complexity index is 354. The molecule has 0 saturated heterocycles. The number of nitrogens with one attached hydrogen (secondary N) is 1. The van der Waals surface area contributed by atoms with Crippen LogP contribution in [0, 0.1) is 29.6 Å². The van der Waals surface area contributed by atoms with Gasteiger partial charge in [-0.25, -0.2) is 4.79 Å². The predicted octanol–water partition coefficient (Wildman–Crippen LogP) is -0.160. The summed E-state index contributed by atoms with van der Waals surface area (Å²) in [7, 11) is 0. The number of carboxylic acid groups (broad SMARTS) is 1. The molecule has 5 heteroatoms. The van der Waals surface area contributed by atoms with E-state index in [1.54, 1.807) is 0 Å². The van der Waals surface area contributed by atoms with Crippen molar-refractivity contribution < 1.29 is 19.8 Å². The highest BCUT2D eigenvalue weighted by atomic mass is 16.4. The zero-order chi connectivity index (χ0) is 12.2. The average Bonchev–Trinajstić information content (AvgIpc) is 2.74. The Kier molecular flexibility index (Phi) is 2.40. The van der Waals surface area contributed by atoms with Crippen molar-refractivity contribution in [3.8, 4) is 0 Å². The van der Waals surface area contributed by atoms with Gasteiger partial charge < -0.3 is 15.5 Å². The van der Waals surface area contributed by atoms with E-state index in [4.69, 9.17) is 10.2 Å². The number of hydrogen-bond acceptors (Lipinski definition) is 3. The molecule has 0 aromatic heterocycles. The summed E-state index contributed by atoms with van der Waals surface area (Å²) in [5.41, 5.74) is 0. The molecule has 3 fully saturated rings. The van der Waals surface area contributed by atoms with E-state index in [-0.39, 0.29) is 18.4 Å². The van der Waals surface area contributed by atoms with Crippen LogP contribution >= 0.6 is 0 Å². The van der Waals surface area contributed by atoms with E-state index in [2.05, 4.69) is 5.32 Å². The van der Waals surface area contributed by atoms with Gasteiger partial charge in [-0.2, -0.15) is 0 Å². The quantitative estimate of drug-likeness (QED) is 0.636. The molecule has 5 atom stereocenters. The van der Waals surface area contributed by atoms with Gasteiger partial charge in [-0.1, -0.05) is 0 Å². The summed E-state index contributed by atoms with van der Waals surface area (Å²) >= 11 is 0. The van der Waals surface area contributed by atoms with Crippen molar-refractivity contribution in [2.24, 2.45) is 29.6 Å². The zero-order valence-corrected chi connectivity index (χ0v) is 9.50. The Morgan fingerprint density at radius 2 is 1.82 bits per heavy atom. The van der Waals surface area contributed by atoms with Crippen LogP contribution in [0.3, 0.4) is 0 Å². The molecule has 1 amide bonds. The minimum absolute atomic E-state index is 0.0584. The van der Waals surface area contributed by atoms with Gasteiger partial charge in [0.25, 0.3) is 0 Å². The molecule has 3 rings (SSSR count). The number of aliphatic hydroxyl groups excluding tert-OH is 1. The molecule has 0 spiro atoms. The SMILES string of the molecule is O=C(NC[C@H](O)C(=O)O)C1C2C3CCC(C3)C12. The van der Waals surface area contributed by atoms with Gasteiger partial charge in [0.15, 0.2) is 6.10 Å². The first-order valence-electron chi connectivity index (χ1n) is 6.28. The van der Waals surface area contributed by atoms with Crippen molar-refractivity contribution in [2.75, 3.05) is 6.54 Å². The molecule has 0 aliphatic heterocycles. The van der Waals surface area contributed by atoms with E-state index in [1.165, 1.54) is 19.3 Å². The number of aliphatic carboxylic acids is 1. The molecule has 3 N–H and O–H groups in total. The summed E-state index contributed by atoms with van der Waals surface area (Å²) in [6.07, 6.45) is 2.31. The van der Waals surface area contributed by atoms with Crippen molar-refractivity contribution in [3.05, 3.63) is 0 Å². The van der Waals surface area contributed by atoms with Crippen LogP contribution in [-0.2, 0) is 9.59 Å². The maximum atomic E-state index is 11.8. The third kappa shape index (κ3) is 1.64. The molecule has 0 heterocycles. The summed E-state index contributed by atoms with van der Waals surface area (Å²) in [4.78, 5) is 22.3. The summed E-state index contributed by atoms with van der Waals surface area (Å²) in [5.74, 6) is 1.31. The van der Waals surface area contributed by atoms with Crippen LogP contribution < -0.4 is 5.32 Å². The summed E-state index contributed by atoms with van der Waals surface area (Å²) in [5, 5.41) is 20.1. The largest absolute Gasteiger partial charge is 0.479 e. The smallest absolute Gasteiger partial charge is 0.334 e. The molecule has 3 aliphatic rings. The van der Waals surface area contributed by atoms with E-state index < -0.39 is 12.1 Å². The van der Waals surface area contributed by atoms with E-state index in [0.717, 1.165) is 11.8 Å². The predicted molar refractivity (Wildman–Crippen MR) is 58.0 cm³/mol.